The third kappa shape index (κ3) is 3.26. The Morgan fingerprint density at radius 2 is 2.08 bits per heavy atom. The summed E-state index contributed by atoms with van der Waals surface area (Å²) in [5.74, 6) is 0.628. The second-order valence-electron chi connectivity index (χ2n) is 5.88. The minimum absolute atomic E-state index is 0.628. The monoisotopic (exact) mass is 321 g/mol. The number of fused-ring (bicyclic) bond motifs is 1. The van der Waals surface area contributed by atoms with Crippen molar-refractivity contribution in [2.45, 2.75) is 26.1 Å². The van der Waals surface area contributed by atoms with Gasteiger partial charge in [0.15, 0.2) is 0 Å². The van der Waals surface area contributed by atoms with E-state index in [1.165, 1.54) is 16.8 Å². The number of aromatic nitrogens is 5. The summed E-state index contributed by atoms with van der Waals surface area (Å²) < 4.78 is 0. The van der Waals surface area contributed by atoms with E-state index in [0.29, 0.717) is 12.5 Å². The van der Waals surface area contributed by atoms with Crippen LogP contribution in [0.3, 0.4) is 0 Å². The molecule has 4 heterocycles. The number of nitrogens with one attached hydrogen (secondary N) is 2. The zero-order valence-electron chi connectivity index (χ0n) is 13.3. The molecule has 0 bridgehead atoms. The van der Waals surface area contributed by atoms with E-state index in [2.05, 4.69) is 41.4 Å². The molecule has 7 heteroatoms. The lowest BCUT2D eigenvalue weighted by molar-refractivity contribution is 0.242. The van der Waals surface area contributed by atoms with E-state index in [4.69, 9.17) is 0 Å². The molecule has 0 amide bonds. The number of nitrogens with zero attached hydrogens (tertiary/aromatic N) is 5. The number of pyridine rings is 1. The first-order valence-corrected chi connectivity index (χ1v) is 8.05. The molecule has 1 aliphatic heterocycles. The average Bonchev–Trinajstić information content (AvgIpc) is 3.04. The minimum atomic E-state index is 0.628. The largest absolute Gasteiger partial charge is 0.348 e. The van der Waals surface area contributed by atoms with Crippen molar-refractivity contribution in [3.8, 4) is 0 Å². The van der Waals surface area contributed by atoms with Gasteiger partial charge < -0.3 is 5.32 Å². The summed E-state index contributed by atoms with van der Waals surface area (Å²) in [6.45, 7) is 3.46. The molecular formula is C17H19N7. The van der Waals surface area contributed by atoms with Crippen molar-refractivity contribution in [2.24, 2.45) is 0 Å². The molecule has 0 atom stereocenters. The first kappa shape index (κ1) is 14.8. The van der Waals surface area contributed by atoms with Gasteiger partial charge in [0.25, 0.3) is 0 Å². The van der Waals surface area contributed by atoms with E-state index in [9.17, 15) is 0 Å². The van der Waals surface area contributed by atoms with Gasteiger partial charge in [0.05, 0.1) is 17.9 Å². The van der Waals surface area contributed by atoms with Crippen LogP contribution >= 0.6 is 0 Å². The lowest BCUT2D eigenvalue weighted by Crippen LogP contribution is -2.30. The predicted octanol–water partition coefficient (Wildman–Crippen LogP) is 1.77. The molecule has 0 saturated carbocycles. The van der Waals surface area contributed by atoms with Crippen molar-refractivity contribution in [1.29, 1.82) is 0 Å². The van der Waals surface area contributed by atoms with Crippen LogP contribution in [-0.4, -0.2) is 36.6 Å². The minimum Gasteiger partial charge on any atom is -0.348 e. The first-order chi connectivity index (χ1) is 11.9. The molecule has 0 unspecified atom stereocenters. The highest BCUT2D eigenvalue weighted by Crippen LogP contribution is 2.22. The van der Waals surface area contributed by atoms with Crippen molar-refractivity contribution >= 4 is 5.95 Å². The molecule has 3 aromatic rings. The molecule has 122 valence electrons. The van der Waals surface area contributed by atoms with E-state index < -0.39 is 0 Å². The summed E-state index contributed by atoms with van der Waals surface area (Å²) >= 11 is 0. The van der Waals surface area contributed by atoms with Gasteiger partial charge >= 0.3 is 0 Å². The van der Waals surface area contributed by atoms with Gasteiger partial charge in [0.2, 0.25) is 5.95 Å². The molecule has 0 radical (unpaired) electrons. The SMILES string of the molecule is c1cnc(NCc2n[nH]c3c2CCN(Cc2cccnc2)C3)nc1. The van der Waals surface area contributed by atoms with Crippen LogP contribution in [0.2, 0.25) is 0 Å². The van der Waals surface area contributed by atoms with E-state index >= 15 is 0 Å². The fraction of sp³-hybridized carbons (Fsp3) is 0.294. The van der Waals surface area contributed by atoms with Crippen molar-refractivity contribution in [1.82, 2.24) is 30.0 Å². The predicted molar refractivity (Wildman–Crippen MR) is 90.0 cm³/mol. The maximum absolute atomic E-state index is 4.47. The Morgan fingerprint density at radius 3 is 2.92 bits per heavy atom. The highest BCUT2D eigenvalue weighted by atomic mass is 15.2. The van der Waals surface area contributed by atoms with Gasteiger partial charge in [-0.05, 0) is 24.1 Å². The van der Waals surface area contributed by atoms with E-state index in [-0.39, 0.29) is 0 Å². The Kier molecular flexibility index (Phi) is 4.16. The highest BCUT2D eigenvalue weighted by molar-refractivity contribution is 5.32. The lowest BCUT2D eigenvalue weighted by Gasteiger charge is -2.26. The maximum atomic E-state index is 4.47. The summed E-state index contributed by atoms with van der Waals surface area (Å²) in [7, 11) is 0. The van der Waals surface area contributed by atoms with Crippen LogP contribution in [0.15, 0.2) is 43.0 Å². The fourth-order valence-corrected chi connectivity index (χ4v) is 3.03. The van der Waals surface area contributed by atoms with Gasteiger partial charge in [-0.15, -0.1) is 0 Å². The Balaban J connectivity index is 1.40. The van der Waals surface area contributed by atoms with Gasteiger partial charge in [-0.2, -0.15) is 5.10 Å². The molecule has 0 spiro atoms. The van der Waals surface area contributed by atoms with Gasteiger partial charge in [0, 0.05) is 50.0 Å². The van der Waals surface area contributed by atoms with E-state index in [1.54, 1.807) is 18.5 Å². The Labute approximate surface area is 140 Å². The van der Waals surface area contributed by atoms with Crippen LogP contribution in [0.4, 0.5) is 5.95 Å². The first-order valence-electron chi connectivity index (χ1n) is 8.05. The van der Waals surface area contributed by atoms with Crippen molar-refractivity contribution in [3.63, 3.8) is 0 Å². The normalized spacial score (nSPS) is 14.3. The van der Waals surface area contributed by atoms with Crippen molar-refractivity contribution in [3.05, 3.63) is 65.5 Å². The van der Waals surface area contributed by atoms with Gasteiger partial charge in [-0.25, -0.2) is 9.97 Å². The molecule has 24 heavy (non-hydrogen) atoms. The Morgan fingerprint density at radius 1 is 1.17 bits per heavy atom. The fourth-order valence-electron chi connectivity index (χ4n) is 3.03. The zero-order chi connectivity index (χ0) is 16.2. The summed E-state index contributed by atoms with van der Waals surface area (Å²) in [5.41, 5.74) is 4.82. The Bertz CT molecular complexity index is 785. The summed E-state index contributed by atoms with van der Waals surface area (Å²) in [5, 5.41) is 10.9. The third-order valence-corrected chi connectivity index (χ3v) is 4.21. The Hall–Kier alpha value is -2.80. The topological polar surface area (TPSA) is 82.6 Å². The van der Waals surface area contributed by atoms with E-state index in [0.717, 1.165) is 31.7 Å². The van der Waals surface area contributed by atoms with E-state index in [1.807, 2.05) is 18.5 Å². The smallest absolute Gasteiger partial charge is 0.222 e. The van der Waals surface area contributed by atoms with Gasteiger partial charge in [0.1, 0.15) is 0 Å². The summed E-state index contributed by atoms with van der Waals surface area (Å²) in [6, 6.07) is 5.90. The summed E-state index contributed by atoms with van der Waals surface area (Å²) in [6.07, 6.45) is 8.19. The zero-order valence-corrected chi connectivity index (χ0v) is 13.3. The molecule has 0 saturated heterocycles. The molecule has 4 rings (SSSR count). The van der Waals surface area contributed by atoms with Crippen LogP contribution < -0.4 is 5.32 Å². The average molecular weight is 321 g/mol. The standard InChI is InChI=1S/C17H19N7/c1-3-13(9-18-5-1)11-24-8-4-14-15(22-23-16(14)12-24)10-21-17-19-6-2-7-20-17/h1-3,5-7,9H,4,8,10-12H2,(H,22,23)(H,19,20,21). The van der Waals surface area contributed by atoms with Crippen LogP contribution in [0.25, 0.3) is 0 Å². The highest BCUT2D eigenvalue weighted by Gasteiger charge is 2.21. The van der Waals surface area contributed by atoms with Crippen molar-refractivity contribution < 1.29 is 0 Å². The van der Waals surface area contributed by atoms with Crippen LogP contribution in [0.5, 0.6) is 0 Å². The second-order valence-corrected chi connectivity index (χ2v) is 5.88. The number of hydrogen-bond acceptors (Lipinski definition) is 6. The molecule has 2 N–H and O–H groups in total. The van der Waals surface area contributed by atoms with Crippen LogP contribution in [0, 0.1) is 0 Å². The number of hydrogen-bond donors (Lipinski definition) is 2. The molecule has 3 aromatic heterocycles. The molecule has 0 fully saturated rings. The lowest BCUT2D eigenvalue weighted by atomic mass is 10.0. The molecule has 7 nitrogen and oxygen atoms in total. The number of H-pyrrole nitrogens is 1. The van der Waals surface area contributed by atoms with Crippen molar-refractivity contribution in [2.75, 3.05) is 11.9 Å². The quantitative estimate of drug-likeness (QED) is 0.745. The van der Waals surface area contributed by atoms with Crippen LogP contribution in [-0.2, 0) is 26.1 Å². The number of aromatic amines is 1. The third-order valence-electron chi connectivity index (χ3n) is 4.21. The maximum Gasteiger partial charge on any atom is 0.222 e. The molecule has 0 aromatic carbocycles. The number of anilines is 1. The molecule has 1 aliphatic rings. The van der Waals surface area contributed by atoms with Gasteiger partial charge in [-0.1, -0.05) is 6.07 Å². The van der Waals surface area contributed by atoms with Crippen LogP contribution in [0.1, 0.15) is 22.5 Å². The number of rotatable bonds is 5. The molecular weight excluding hydrogens is 302 g/mol. The summed E-state index contributed by atoms with van der Waals surface area (Å²) in [4.78, 5) is 14.9. The molecule has 0 aliphatic carbocycles. The second kappa shape index (κ2) is 6.76. The van der Waals surface area contributed by atoms with Gasteiger partial charge in [-0.3, -0.25) is 15.0 Å².